The molecule has 0 amide bonds. The fourth-order valence-corrected chi connectivity index (χ4v) is 2.39. The van der Waals surface area contributed by atoms with E-state index < -0.39 is 12.4 Å². The van der Waals surface area contributed by atoms with Crippen LogP contribution in [0, 0.1) is 0 Å². The number of carbonyl (C=O) groups is 1. The monoisotopic (exact) mass is 351 g/mol. The van der Waals surface area contributed by atoms with Gasteiger partial charge in [0.25, 0.3) is 6.43 Å². The van der Waals surface area contributed by atoms with Gasteiger partial charge in [-0.2, -0.15) is 5.10 Å². The van der Waals surface area contributed by atoms with Crippen molar-refractivity contribution in [3.05, 3.63) is 52.8 Å². The second-order valence-electron chi connectivity index (χ2n) is 4.89. The Hall–Kier alpha value is -2.54. The number of nitrogens with zero attached hydrogens (tertiary/aromatic N) is 3. The third-order valence-electron chi connectivity index (χ3n) is 3.36. The molecular formula is C16H12ClF2N3O2. The molecule has 0 N–H and O–H groups in total. The van der Waals surface area contributed by atoms with Crippen molar-refractivity contribution in [2.24, 2.45) is 0 Å². The SMILES string of the molecule is CCOC(=O)c1cnn2c(C(F)F)cc(-c3ccc(Cl)cc3)nc12. The predicted molar refractivity (Wildman–Crippen MR) is 84.3 cm³/mol. The molecule has 0 radical (unpaired) electrons. The van der Waals surface area contributed by atoms with E-state index in [0.717, 1.165) is 4.52 Å². The number of aromatic nitrogens is 3. The zero-order chi connectivity index (χ0) is 17.3. The van der Waals surface area contributed by atoms with Crippen molar-refractivity contribution < 1.29 is 18.3 Å². The maximum absolute atomic E-state index is 13.4. The Morgan fingerprint density at radius 1 is 1.33 bits per heavy atom. The van der Waals surface area contributed by atoms with E-state index in [0.29, 0.717) is 16.3 Å². The highest BCUT2D eigenvalue weighted by Gasteiger charge is 2.22. The lowest BCUT2D eigenvalue weighted by atomic mass is 10.1. The van der Waals surface area contributed by atoms with Gasteiger partial charge in [-0.1, -0.05) is 23.7 Å². The zero-order valence-electron chi connectivity index (χ0n) is 12.5. The Morgan fingerprint density at radius 3 is 2.67 bits per heavy atom. The molecule has 5 nitrogen and oxygen atoms in total. The fraction of sp³-hybridized carbons (Fsp3) is 0.188. The number of fused-ring (bicyclic) bond motifs is 1. The Labute approximate surface area is 140 Å². The van der Waals surface area contributed by atoms with E-state index in [-0.39, 0.29) is 23.5 Å². The highest BCUT2D eigenvalue weighted by molar-refractivity contribution is 6.30. The molecular weight excluding hydrogens is 340 g/mol. The van der Waals surface area contributed by atoms with Gasteiger partial charge in [-0.3, -0.25) is 0 Å². The summed E-state index contributed by atoms with van der Waals surface area (Å²) in [6, 6.07) is 7.83. The third-order valence-corrected chi connectivity index (χ3v) is 3.61. The molecule has 0 bridgehead atoms. The molecule has 8 heteroatoms. The molecule has 124 valence electrons. The zero-order valence-corrected chi connectivity index (χ0v) is 13.3. The number of carbonyl (C=O) groups excluding carboxylic acids is 1. The minimum atomic E-state index is -2.78. The molecule has 0 fully saturated rings. The van der Waals surface area contributed by atoms with E-state index in [1.54, 1.807) is 31.2 Å². The number of rotatable bonds is 4. The van der Waals surface area contributed by atoms with Crippen LogP contribution in [0.15, 0.2) is 36.5 Å². The van der Waals surface area contributed by atoms with Gasteiger partial charge in [0.05, 0.1) is 18.5 Å². The molecule has 0 saturated heterocycles. The number of alkyl halides is 2. The Kier molecular flexibility index (Phi) is 4.44. The number of hydrogen-bond acceptors (Lipinski definition) is 4. The van der Waals surface area contributed by atoms with Crippen LogP contribution in [0.1, 0.15) is 29.4 Å². The molecule has 2 aromatic heterocycles. The highest BCUT2D eigenvalue weighted by atomic mass is 35.5. The third kappa shape index (κ3) is 2.94. The van der Waals surface area contributed by atoms with Gasteiger partial charge >= 0.3 is 5.97 Å². The molecule has 0 aliphatic rings. The molecule has 0 atom stereocenters. The minimum Gasteiger partial charge on any atom is -0.462 e. The second-order valence-corrected chi connectivity index (χ2v) is 5.32. The van der Waals surface area contributed by atoms with Gasteiger partial charge in [-0.25, -0.2) is 23.1 Å². The van der Waals surface area contributed by atoms with Crippen molar-refractivity contribution in [1.29, 1.82) is 0 Å². The number of halogens is 3. The van der Waals surface area contributed by atoms with E-state index in [2.05, 4.69) is 10.1 Å². The second kappa shape index (κ2) is 6.52. The van der Waals surface area contributed by atoms with Gasteiger partial charge in [0.1, 0.15) is 11.3 Å². The molecule has 0 aliphatic carbocycles. The lowest BCUT2D eigenvalue weighted by molar-refractivity contribution is 0.0528. The average Bonchev–Trinajstić information content (AvgIpc) is 2.98. The maximum atomic E-state index is 13.4. The average molecular weight is 352 g/mol. The lowest BCUT2D eigenvalue weighted by Gasteiger charge is -2.08. The van der Waals surface area contributed by atoms with E-state index >= 15 is 0 Å². The van der Waals surface area contributed by atoms with Crippen molar-refractivity contribution in [2.75, 3.05) is 6.61 Å². The summed E-state index contributed by atoms with van der Waals surface area (Å²) in [5, 5.41) is 4.36. The van der Waals surface area contributed by atoms with Gasteiger partial charge in [-0.15, -0.1) is 0 Å². The van der Waals surface area contributed by atoms with Crippen LogP contribution in [-0.4, -0.2) is 27.2 Å². The van der Waals surface area contributed by atoms with E-state index in [1.807, 2.05) is 0 Å². The van der Waals surface area contributed by atoms with Crippen LogP contribution in [0.25, 0.3) is 16.9 Å². The first-order valence-electron chi connectivity index (χ1n) is 7.11. The quantitative estimate of drug-likeness (QED) is 0.662. The lowest BCUT2D eigenvalue weighted by Crippen LogP contribution is -2.07. The summed E-state index contributed by atoms with van der Waals surface area (Å²) in [6.45, 7) is 1.81. The van der Waals surface area contributed by atoms with E-state index in [1.165, 1.54) is 12.3 Å². The number of hydrogen-bond donors (Lipinski definition) is 0. The summed E-state index contributed by atoms with van der Waals surface area (Å²) in [7, 11) is 0. The number of benzene rings is 1. The number of esters is 1. The van der Waals surface area contributed by atoms with Crippen LogP contribution >= 0.6 is 11.6 Å². The van der Waals surface area contributed by atoms with E-state index in [9.17, 15) is 13.6 Å². The van der Waals surface area contributed by atoms with Gasteiger partial charge < -0.3 is 4.74 Å². The normalized spacial score (nSPS) is 11.2. The molecule has 0 aliphatic heterocycles. The van der Waals surface area contributed by atoms with Crippen LogP contribution < -0.4 is 0 Å². The summed E-state index contributed by atoms with van der Waals surface area (Å²) in [6.07, 6.45) is -1.60. The predicted octanol–water partition coefficient (Wildman–Crippen LogP) is 4.16. The molecule has 3 rings (SSSR count). The van der Waals surface area contributed by atoms with E-state index in [4.69, 9.17) is 16.3 Å². The molecule has 24 heavy (non-hydrogen) atoms. The largest absolute Gasteiger partial charge is 0.462 e. The minimum absolute atomic E-state index is 0.0243. The smallest absolute Gasteiger partial charge is 0.343 e. The molecule has 0 saturated carbocycles. The van der Waals surface area contributed by atoms with Crippen molar-refractivity contribution in [3.63, 3.8) is 0 Å². The Balaban J connectivity index is 2.22. The first kappa shape index (κ1) is 16.3. The van der Waals surface area contributed by atoms with Gasteiger partial charge in [0.15, 0.2) is 5.65 Å². The van der Waals surface area contributed by atoms with Gasteiger partial charge in [0, 0.05) is 10.6 Å². The molecule has 0 unspecified atom stereocenters. The van der Waals surface area contributed by atoms with Gasteiger partial charge in [0.2, 0.25) is 0 Å². The van der Waals surface area contributed by atoms with Crippen LogP contribution in [0.4, 0.5) is 8.78 Å². The summed E-state index contributed by atoms with van der Waals surface area (Å²) >= 11 is 5.84. The Bertz CT molecular complexity index is 894. The van der Waals surface area contributed by atoms with Crippen molar-refractivity contribution in [2.45, 2.75) is 13.3 Å². The van der Waals surface area contributed by atoms with Crippen molar-refractivity contribution in [1.82, 2.24) is 14.6 Å². The first-order chi connectivity index (χ1) is 11.5. The molecule has 2 heterocycles. The maximum Gasteiger partial charge on any atom is 0.343 e. The number of ether oxygens (including phenoxy) is 1. The highest BCUT2D eigenvalue weighted by Crippen LogP contribution is 2.27. The first-order valence-corrected chi connectivity index (χ1v) is 7.49. The van der Waals surface area contributed by atoms with Crippen LogP contribution in [0.2, 0.25) is 5.02 Å². The van der Waals surface area contributed by atoms with Crippen molar-refractivity contribution >= 4 is 23.2 Å². The summed E-state index contributed by atoms with van der Waals surface area (Å²) < 4.78 is 32.7. The molecule has 0 spiro atoms. The molecule has 1 aromatic carbocycles. The van der Waals surface area contributed by atoms with Crippen LogP contribution in [0.3, 0.4) is 0 Å². The summed E-state index contributed by atoms with van der Waals surface area (Å²) in [5.41, 5.74) is 0.589. The topological polar surface area (TPSA) is 56.5 Å². The van der Waals surface area contributed by atoms with Crippen LogP contribution in [-0.2, 0) is 4.74 Å². The summed E-state index contributed by atoms with van der Waals surface area (Å²) in [4.78, 5) is 16.3. The fourth-order valence-electron chi connectivity index (χ4n) is 2.26. The van der Waals surface area contributed by atoms with Crippen molar-refractivity contribution in [3.8, 4) is 11.3 Å². The standard InChI is InChI=1S/C16H12ClF2N3O2/c1-2-24-16(23)11-8-20-22-13(14(18)19)7-12(21-15(11)22)9-3-5-10(17)6-4-9/h3-8,14H,2H2,1H3. The Morgan fingerprint density at radius 2 is 2.04 bits per heavy atom. The molecule has 3 aromatic rings. The summed E-state index contributed by atoms with van der Waals surface area (Å²) in [5.74, 6) is -0.659. The van der Waals surface area contributed by atoms with Crippen LogP contribution in [0.5, 0.6) is 0 Å². The van der Waals surface area contributed by atoms with Gasteiger partial charge in [-0.05, 0) is 25.1 Å².